The second-order valence-electron chi connectivity index (χ2n) is 5.92. The Labute approximate surface area is 141 Å². The summed E-state index contributed by atoms with van der Waals surface area (Å²) in [6, 6.07) is 19.4. The lowest BCUT2D eigenvalue weighted by Gasteiger charge is -2.18. The van der Waals surface area contributed by atoms with Crippen LogP contribution in [0.15, 0.2) is 67.3 Å². The Hall–Kier alpha value is -1.86. The molecule has 2 aromatic carbocycles. The minimum Gasteiger partial charge on any atom is -0.374 e. The van der Waals surface area contributed by atoms with E-state index in [0.29, 0.717) is 0 Å². The van der Waals surface area contributed by atoms with Crippen LogP contribution in [0.2, 0.25) is 0 Å². The van der Waals surface area contributed by atoms with Gasteiger partial charge in [0, 0.05) is 6.61 Å². The molecule has 0 saturated carbocycles. The quantitative estimate of drug-likeness (QED) is 0.356. The number of rotatable bonds is 10. The number of allylic oxidation sites excluding steroid dienone is 1. The van der Waals surface area contributed by atoms with Crippen LogP contribution >= 0.6 is 0 Å². The van der Waals surface area contributed by atoms with Crippen LogP contribution < -0.4 is 0 Å². The summed E-state index contributed by atoms with van der Waals surface area (Å²) in [6.45, 7) is 6.80. The molecule has 0 spiro atoms. The van der Waals surface area contributed by atoms with E-state index < -0.39 is 0 Å². The molecule has 2 rings (SSSR count). The van der Waals surface area contributed by atoms with Crippen LogP contribution in [0, 0.1) is 0 Å². The molecule has 122 valence electrons. The predicted octanol–water partition coefficient (Wildman–Crippen LogP) is 6.57. The van der Waals surface area contributed by atoms with Crippen molar-refractivity contribution in [3.63, 3.8) is 0 Å². The van der Waals surface area contributed by atoms with Crippen molar-refractivity contribution in [3.05, 3.63) is 72.8 Å². The lowest BCUT2D eigenvalue weighted by Crippen LogP contribution is -2.06. The van der Waals surface area contributed by atoms with E-state index in [0.717, 1.165) is 25.9 Å². The molecule has 2 aromatic rings. The molecule has 1 unspecified atom stereocenters. The summed E-state index contributed by atoms with van der Waals surface area (Å²) >= 11 is 0. The summed E-state index contributed by atoms with van der Waals surface area (Å²) < 4.78 is 6.13. The van der Waals surface area contributed by atoms with E-state index in [-0.39, 0.29) is 6.10 Å². The first kappa shape index (κ1) is 17.5. The van der Waals surface area contributed by atoms with Gasteiger partial charge < -0.3 is 4.74 Å². The molecule has 0 aliphatic carbocycles. The molecule has 0 aliphatic heterocycles. The van der Waals surface area contributed by atoms with Gasteiger partial charge in [-0.25, -0.2) is 0 Å². The third-order valence-corrected chi connectivity index (χ3v) is 4.08. The Balaban J connectivity index is 2.03. The van der Waals surface area contributed by atoms with E-state index >= 15 is 0 Å². The smallest absolute Gasteiger partial charge is 0.0824 e. The second kappa shape index (κ2) is 10.0. The Morgan fingerprint density at radius 1 is 0.957 bits per heavy atom. The SMILES string of the molecule is C=CCCCOC(CCCC)c1ccc(-c2ccccc2)cc1. The van der Waals surface area contributed by atoms with Gasteiger partial charge in [0.2, 0.25) is 0 Å². The van der Waals surface area contributed by atoms with Gasteiger partial charge >= 0.3 is 0 Å². The summed E-state index contributed by atoms with van der Waals surface area (Å²) in [4.78, 5) is 0. The molecular formula is C22H28O. The van der Waals surface area contributed by atoms with E-state index in [2.05, 4.69) is 68.1 Å². The Kier molecular flexibility index (Phi) is 7.62. The number of hydrogen-bond donors (Lipinski definition) is 0. The summed E-state index contributed by atoms with van der Waals surface area (Å²) in [5, 5.41) is 0. The molecule has 1 nitrogen and oxygen atoms in total. The van der Waals surface area contributed by atoms with Gasteiger partial charge in [-0.15, -0.1) is 6.58 Å². The number of unbranched alkanes of at least 4 members (excludes halogenated alkanes) is 2. The topological polar surface area (TPSA) is 9.23 Å². The van der Waals surface area contributed by atoms with Crippen LogP contribution in [0.1, 0.15) is 50.7 Å². The summed E-state index contributed by atoms with van der Waals surface area (Å²) in [5.41, 5.74) is 3.81. The van der Waals surface area contributed by atoms with E-state index in [1.807, 2.05) is 6.08 Å². The third kappa shape index (κ3) is 5.69. The molecule has 0 heterocycles. The summed E-state index contributed by atoms with van der Waals surface area (Å²) in [7, 11) is 0. The van der Waals surface area contributed by atoms with E-state index in [9.17, 15) is 0 Å². The van der Waals surface area contributed by atoms with Crippen molar-refractivity contribution in [2.45, 2.75) is 45.1 Å². The van der Waals surface area contributed by atoms with Crippen LogP contribution in [0.4, 0.5) is 0 Å². The standard InChI is InChI=1S/C22H28O/c1-3-5-10-18-23-22(13-6-4-2)21-16-14-20(15-17-21)19-11-8-7-9-12-19/h3,7-9,11-12,14-17,22H,1,4-6,10,13,18H2,2H3. The van der Waals surface area contributed by atoms with E-state index in [4.69, 9.17) is 4.74 Å². The van der Waals surface area contributed by atoms with Crippen molar-refractivity contribution in [3.8, 4) is 11.1 Å². The first-order chi connectivity index (χ1) is 11.3. The molecular weight excluding hydrogens is 280 g/mol. The second-order valence-corrected chi connectivity index (χ2v) is 5.92. The maximum absolute atomic E-state index is 6.13. The van der Waals surface area contributed by atoms with E-state index in [1.54, 1.807) is 0 Å². The highest BCUT2D eigenvalue weighted by Gasteiger charge is 2.11. The van der Waals surface area contributed by atoms with Gasteiger partial charge in [0.1, 0.15) is 0 Å². The highest BCUT2D eigenvalue weighted by molar-refractivity contribution is 5.63. The minimum absolute atomic E-state index is 0.213. The zero-order valence-corrected chi connectivity index (χ0v) is 14.2. The fourth-order valence-electron chi connectivity index (χ4n) is 2.71. The summed E-state index contributed by atoms with van der Waals surface area (Å²) in [5.74, 6) is 0. The van der Waals surface area contributed by atoms with E-state index in [1.165, 1.54) is 29.5 Å². The average molecular weight is 308 g/mol. The van der Waals surface area contributed by atoms with Crippen LogP contribution in [0.5, 0.6) is 0 Å². The van der Waals surface area contributed by atoms with Crippen molar-refractivity contribution in [2.75, 3.05) is 6.61 Å². The molecule has 0 N–H and O–H groups in total. The molecule has 0 saturated heterocycles. The third-order valence-electron chi connectivity index (χ3n) is 4.08. The average Bonchev–Trinajstić information content (AvgIpc) is 2.62. The van der Waals surface area contributed by atoms with Crippen molar-refractivity contribution in [2.24, 2.45) is 0 Å². The maximum Gasteiger partial charge on any atom is 0.0824 e. The Morgan fingerprint density at radius 2 is 1.65 bits per heavy atom. The molecule has 0 aromatic heterocycles. The van der Waals surface area contributed by atoms with Crippen LogP contribution in [-0.2, 0) is 4.74 Å². The van der Waals surface area contributed by atoms with Gasteiger partial charge in [0.05, 0.1) is 6.10 Å². The van der Waals surface area contributed by atoms with Crippen molar-refractivity contribution >= 4 is 0 Å². The van der Waals surface area contributed by atoms with Gasteiger partial charge in [0.25, 0.3) is 0 Å². The van der Waals surface area contributed by atoms with Crippen LogP contribution in [0.3, 0.4) is 0 Å². The first-order valence-electron chi connectivity index (χ1n) is 8.73. The normalized spacial score (nSPS) is 12.0. The highest BCUT2D eigenvalue weighted by Crippen LogP contribution is 2.27. The van der Waals surface area contributed by atoms with Crippen LogP contribution in [-0.4, -0.2) is 6.61 Å². The first-order valence-corrected chi connectivity index (χ1v) is 8.73. The fraction of sp³-hybridized carbons (Fsp3) is 0.364. The molecule has 1 heteroatoms. The van der Waals surface area contributed by atoms with Crippen LogP contribution in [0.25, 0.3) is 11.1 Å². The number of ether oxygens (including phenoxy) is 1. The number of benzene rings is 2. The zero-order valence-electron chi connectivity index (χ0n) is 14.2. The lowest BCUT2D eigenvalue weighted by atomic mass is 9.99. The fourth-order valence-corrected chi connectivity index (χ4v) is 2.71. The molecule has 23 heavy (non-hydrogen) atoms. The molecule has 1 atom stereocenters. The minimum atomic E-state index is 0.213. The molecule has 0 fully saturated rings. The van der Waals surface area contributed by atoms with Gasteiger partial charge in [0.15, 0.2) is 0 Å². The van der Waals surface area contributed by atoms with Gasteiger partial charge in [-0.2, -0.15) is 0 Å². The van der Waals surface area contributed by atoms with Crippen molar-refractivity contribution in [1.82, 2.24) is 0 Å². The number of hydrogen-bond acceptors (Lipinski definition) is 1. The van der Waals surface area contributed by atoms with Gasteiger partial charge in [-0.05, 0) is 36.0 Å². The molecule has 0 amide bonds. The largest absolute Gasteiger partial charge is 0.374 e. The predicted molar refractivity (Wildman–Crippen MR) is 99.5 cm³/mol. The molecule has 0 aliphatic rings. The molecule has 0 bridgehead atoms. The highest BCUT2D eigenvalue weighted by atomic mass is 16.5. The Morgan fingerprint density at radius 3 is 2.30 bits per heavy atom. The lowest BCUT2D eigenvalue weighted by molar-refractivity contribution is 0.0439. The zero-order chi connectivity index (χ0) is 16.3. The Bertz CT molecular complexity index is 556. The maximum atomic E-state index is 6.13. The van der Waals surface area contributed by atoms with Gasteiger partial charge in [-0.1, -0.05) is 80.4 Å². The monoisotopic (exact) mass is 308 g/mol. The summed E-state index contributed by atoms with van der Waals surface area (Å²) in [6.07, 6.45) is 7.74. The van der Waals surface area contributed by atoms with Gasteiger partial charge in [-0.3, -0.25) is 0 Å². The van der Waals surface area contributed by atoms with Crippen molar-refractivity contribution in [1.29, 1.82) is 0 Å². The van der Waals surface area contributed by atoms with Crippen molar-refractivity contribution < 1.29 is 4.74 Å². The molecule has 0 radical (unpaired) electrons.